The van der Waals surface area contributed by atoms with Crippen LogP contribution < -0.4 is 4.74 Å². The van der Waals surface area contributed by atoms with E-state index in [0.717, 1.165) is 22.4 Å². The van der Waals surface area contributed by atoms with E-state index >= 15 is 0 Å². The van der Waals surface area contributed by atoms with Gasteiger partial charge in [0.05, 0.1) is 0 Å². The van der Waals surface area contributed by atoms with Crippen molar-refractivity contribution in [2.75, 3.05) is 27.2 Å². The van der Waals surface area contributed by atoms with E-state index in [2.05, 4.69) is 0 Å². The Morgan fingerprint density at radius 2 is 2.17 bits per heavy atom. The average molecular weight is 265 g/mol. The molecule has 1 heterocycles. The van der Waals surface area contributed by atoms with Crippen LogP contribution in [0.2, 0.25) is 0 Å². The topological polar surface area (TPSA) is 49.8 Å². The zero-order valence-electron chi connectivity index (χ0n) is 10.3. The van der Waals surface area contributed by atoms with E-state index in [-0.39, 0.29) is 0 Å². The van der Waals surface area contributed by atoms with Crippen LogP contribution in [0.25, 0.3) is 10.1 Å². The highest BCUT2D eigenvalue weighted by Crippen LogP contribution is 2.28. The lowest BCUT2D eigenvalue weighted by Crippen LogP contribution is -2.19. The number of nitrogens with zero attached hydrogens (tertiary/aromatic N) is 1. The Hall–Kier alpha value is -1.59. The number of thiophene rings is 1. The van der Waals surface area contributed by atoms with Crippen LogP contribution in [0.4, 0.5) is 0 Å². The number of fused-ring (bicyclic) bond motifs is 1. The lowest BCUT2D eigenvalue weighted by atomic mass is 10.2. The third kappa shape index (κ3) is 3.00. The largest absolute Gasteiger partial charge is 0.492 e. The summed E-state index contributed by atoms with van der Waals surface area (Å²) in [6.45, 7) is 1.47. The molecule has 1 N–H and O–H groups in total. The summed E-state index contributed by atoms with van der Waals surface area (Å²) in [5, 5.41) is 9.85. The second kappa shape index (κ2) is 5.37. The standard InChI is InChI=1S/C13H15NO3S/c1-14(2)5-6-17-10-3-4-11-9(7-10)8-12(18-11)13(15)16/h3-4,7-8H,5-6H2,1-2H3,(H,15,16). The highest BCUT2D eigenvalue weighted by Gasteiger charge is 2.08. The van der Waals surface area contributed by atoms with Crippen LogP contribution in [0.15, 0.2) is 24.3 Å². The summed E-state index contributed by atoms with van der Waals surface area (Å²) >= 11 is 1.28. The SMILES string of the molecule is CN(C)CCOc1ccc2sc(C(=O)O)cc2c1. The first-order chi connectivity index (χ1) is 8.56. The second-order valence-corrected chi connectivity index (χ2v) is 5.35. The zero-order valence-corrected chi connectivity index (χ0v) is 11.2. The summed E-state index contributed by atoms with van der Waals surface area (Å²) in [4.78, 5) is 13.3. The van der Waals surface area contributed by atoms with Gasteiger partial charge in [-0.3, -0.25) is 0 Å². The third-order valence-corrected chi connectivity index (χ3v) is 3.61. The molecule has 0 aliphatic heterocycles. The number of carboxylic acid groups (broad SMARTS) is 1. The molecule has 0 aliphatic carbocycles. The predicted molar refractivity (Wildman–Crippen MR) is 72.8 cm³/mol. The molecule has 0 atom stereocenters. The van der Waals surface area contributed by atoms with Crippen molar-refractivity contribution in [1.29, 1.82) is 0 Å². The van der Waals surface area contributed by atoms with Gasteiger partial charge in [0.1, 0.15) is 17.2 Å². The molecule has 0 aliphatic rings. The first kappa shape index (κ1) is 12.9. The summed E-state index contributed by atoms with van der Waals surface area (Å²) in [5.41, 5.74) is 0. The number of hydrogen-bond donors (Lipinski definition) is 1. The zero-order chi connectivity index (χ0) is 13.1. The number of carbonyl (C=O) groups is 1. The molecule has 1 aromatic carbocycles. The third-order valence-electron chi connectivity index (χ3n) is 2.51. The van der Waals surface area contributed by atoms with Crippen molar-refractivity contribution >= 4 is 27.4 Å². The molecule has 0 amide bonds. The number of aromatic carboxylic acids is 1. The maximum Gasteiger partial charge on any atom is 0.345 e. The number of likely N-dealkylation sites (N-methyl/N-ethyl adjacent to an activating group) is 1. The lowest BCUT2D eigenvalue weighted by molar-refractivity contribution is 0.0702. The van der Waals surface area contributed by atoms with Crippen LogP contribution in [0.5, 0.6) is 5.75 Å². The number of hydrogen-bond acceptors (Lipinski definition) is 4. The van der Waals surface area contributed by atoms with Crippen molar-refractivity contribution in [2.45, 2.75) is 0 Å². The molecule has 2 rings (SSSR count). The van der Waals surface area contributed by atoms with Crippen LogP contribution >= 0.6 is 11.3 Å². The first-order valence-electron chi connectivity index (χ1n) is 5.60. The lowest BCUT2D eigenvalue weighted by Gasteiger charge is -2.10. The fraction of sp³-hybridized carbons (Fsp3) is 0.308. The van der Waals surface area contributed by atoms with E-state index < -0.39 is 5.97 Å². The fourth-order valence-corrected chi connectivity index (χ4v) is 2.44. The number of rotatable bonds is 5. The molecule has 0 saturated carbocycles. The molecule has 18 heavy (non-hydrogen) atoms. The Labute approximate surface area is 109 Å². The fourth-order valence-electron chi connectivity index (χ4n) is 1.56. The molecule has 0 bridgehead atoms. The second-order valence-electron chi connectivity index (χ2n) is 4.27. The van der Waals surface area contributed by atoms with E-state index in [4.69, 9.17) is 9.84 Å². The Bertz CT molecular complexity index is 562. The van der Waals surface area contributed by atoms with Gasteiger partial charge < -0.3 is 14.7 Å². The van der Waals surface area contributed by atoms with Gasteiger partial charge in [0.25, 0.3) is 0 Å². The van der Waals surface area contributed by atoms with Gasteiger partial charge in [0, 0.05) is 11.2 Å². The normalized spacial score (nSPS) is 11.1. The van der Waals surface area contributed by atoms with Crippen LogP contribution in [0.3, 0.4) is 0 Å². The molecular formula is C13H15NO3S. The smallest absolute Gasteiger partial charge is 0.345 e. The van der Waals surface area contributed by atoms with Crippen LogP contribution in [-0.4, -0.2) is 43.2 Å². The van der Waals surface area contributed by atoms with Gasteiger partial charge in [0.15, 0.2) is 0 Å². The number of carboxylic acids is 1. The van der Waals surface area contributed by atoms with Gasteiger partial charge in [-0.05, 0) is 43.7 Å². The van der Waals surface area contributed by atoms with Crippen molar-refractivity contribution in [3.05, 3.63) is 29.1 Å². The molecule has 0 fully saturated rings. The molecule has 2 aromatic rings. The molecule has 0 saturated heterocycles. The minimum Gasteiger partial charge on any atom is -0.492 e. The summed E-state index contributed by atoms with van der Waals surface area (Å²) in [6, 6.07) is 7.34. The highest BCUT2D eigenvalue weighted by atomic mass is 32.1. The Balaban J connectivity index is 2.14. The molecule has 0 radical (unpaired) electrons. The molecule has 4 nitrogen and oxygen atoms in total. The summed E-state index contributed by atoms with van der Waals surface area (Å²) in [6.07, 6.45) is 0. The van der Waals surface area contributed by atoms with Crippen LogP contribution in [0.1, 0.15) is 9.67 Å². The van der Waals surface area contributed by atoms with E-state index in [1.54, 1.807) is 6.07 Å². The monoisotopic (exact) mass is 265 g/mol. The van der Waals surface area contributed by atoms with E-state index in [0.29, 0.717) is 11.5 Å². The minimum absolute atomic E-state index is 0.357. The van der Waals surface area contributed by atoms with Gasteiger partial charge in [0.2, 0.25) is 0 Å². The summed E-state index contributed by atoms with van der Waals surface area (Å²) in [5.74, 6) is -0.106. The maximum absolute atomic E-state index is 10.9. The molecule has 96 valence electrons. The van der Waals surface area contributed by atoms with Gasteiger partial charge in [-0.15, -0.1) is 11.3 Å². The minimum atomic E-state index is -0.883. The van der Waals surface area contributed by atoms with Crippen molar-refractivity contribution in [3.8, 4) is 5.75 Å². The Morgan fingerprint density at radius 1 is 1.39 bits per heavy atom. The summed E-state index contributed by atoms with van der Waals surface area (Å²) in [7, 11) is 3.98. The molecule has 5 heteroatoms. The highest BCUT2D eigenvalue weighted by molar-refractivity contribution is 7.20. The molecular weight excluding hydrogens is 250 g/mol. The van der Waals surface area contributed by atoms with Crippen molar-refractivity contribution in [1.82, 2.24) is 4.90 Å². The molecule has 0 spiro atoms. The van der Waals surface area contributed by atoms with Gasteiger partial charge in [-0.25, -0.2) is 4.79 Å². The van der Waals surface area contributed by atoms with Crippen molar-refractivity contribution in [3.63, 3.8) is 0 Å². The maximum atomic E-state index is 10.9. The van der Waals surface area contributed by atoms with Gasteiger partial charge in [-0.2, -0.15) is 0 Å². The average Bonchev–Trinajstić information content (AvgIpc) is 2.71. The predicted octanol–water partition coefficient (Wildman–Crippen LogP) is 2.54. The van der Waals surface area contributed by atoms with Gasteiger partial charge in [-0.1, -0.05) is 0 Å². The van der Waals surface area contributed by atoms with Crippen LogP contribution in [0, 0.1) is 0 Å². The van der Waals surface area contributed by atoms with E-state index in [1.165, 1.54) is 11.3 Å². The van der Waals surface area contributed by atoms with Gasteiger partial charge >= 0.3 is 5.97 Å². The van der Waals surface area contributed by atoms with E-state index in [1.807, 2.05) is 37.2 Å². The van der Waals surface area contributed by atoms with Crippen molar-refractivity contribution < 1.29 is 14.6 Å². The number of ether oxygens (including phenoxy) is 1. The van der Waals surface area contributed by atoms with Crippen molar-refractivity contribution in [2.24, 2.45) is 0 Å². The van der Waals surface area contributed by atoms with Crippen LogP contribution in [-0.2, 0) is 0 Å². The number of benzene rings is 1. The first-order valence-corrected chi connectivity index (χ1v) is 6.42. The Morgan fingerprint density at radius 3 is 2.83 bits per heavy atom. The summed E-state index contributed by atoms with van der Waals surface area (Å²) < 4.78 is 6.58. The quantitative estimate of drug-likeness (QED) is 0.902. The molecule has 1 aromatic heterocycles. The van der Waals surface area contributed by atoms with E-state index in [9.17, 15) is 4.79 Å². The Kier molecular flexibility index (Phi) is 3.84. The molecule has 0 unspecified atom stereocenters.